The van der Waals surface area contributed by atoms with Crippen LogP contribution in [-0.4, -0.2) is 55.6 Å². The fraction of sp³-hybridized carbons (Fsp3) is 1.00. The second kappa shape index (κ2) is 4.76. The van der Waals surface area contributed by atoms with Crippen molar-refractivity contribution in [3.05, 3.63) is 0 Å². The number of rotatable bonds is 3. The third kappa shape index (κ3) is 3.06. The molecule has 4 nitrogen and oxygen atoms in total. The van der Waals surface area contributed by atoms with E-state index >= 15 is 0 Å². The lowest BCUT2D eigenvalue weighted by molar-refractivity contribution is 0.0148. The van der Waals surface area contributed by atoms with Gasteiger partial charge < -0.3 is 0 Å². The van der Waals surface area contributed by atoms with Gasteiger partial charge in [0, 0.05) is 24.7 Å². The monoisotopic (exact) mass is 276 g/mol. The Kier molecular flexibility index (Phi) is 4.21. The van der Waals surface area contributed by atoms with E-state index in [-0.39, 0.29) is 11.0 Å². The standard InChI is InChI=1S/C13H28N2O2S/c1-12(2,3)13(4,5)14(6)11-8-9-15(10-11)18(7,16)17/h11H,8-10H2,1-7H3. The highest BCUT2D eigenvalue weighted by Gasteiger charge is 2.42. The first kappa shape index (κ1) is 15.9. The highest BCUT2D eigenvalue weighted by molar-refractivity contribution is 7.88. The molecule has 0 radical (unpaired) electrons. The average molecular weight is 276 g/mol. The molecule has 18 heavy (non-hydrogen) atoms. The van der Waals surface area contributed by atoms with E-state index in [4.69, 9.17) is 0 Å². The highest BCUT2D eigenvalue weighted by Crippen LogP contribution is 2.37. The third-order valence-corrected chi connectivity index (χ3v) is 6.13. The summed E-state index contributed by atoms with van der Waals surface area (Å²) in [7, 11) is -0.930. The van der Waals surface area contributed by atoms with Gasteiger partial charge in [-0.05, 0) is 32.7 Å². The van der Waals surface area contributed by atoms with Gasteiger partial charge in [0.25, 0.3) is 0 Å². The molecule has 1 aliphatic heterocycles. The molecule has 0 saturated carbocycles. The molecule has 1 atom stereocenters. The summed E-state index contributed by atoms with van der Waals surface area (Å²) in [6.45, 7) is 12.4. The maximum Gasteiger partial charge on any atom is 0.211 e. The number of nitrogens with zero attached hydrogens (tertiary/aromatic N) is 2. The SMILES string of the molecule is CN(C1CCN(S(C)(=O)=O)C1)C(C)(C)C(C)(C)C. The van der Waals surface area contributed by atoms with Crippen LogP contribution in [0.15, 0.2) is 0 Å². The zero-order chi connectivity index (χ0) is 14.4. The summed E-state index contributed by atoms with van der Waals surface area (Å²) in [5.74, 6) is 0. The van der Waals surface area contributed by atoms with E-state index in [9.17, 15) is 8.42 Å². The van der Waals surface area contributed by atoms with Gasteiger partial charge in [-0.3, -0.25) is 4.90 Å². The highest BCUT2D eigenvalue weighted by atomic mass is 32.2. The predicted octanol–water partition coefficient (Wildman–Crippen LogP) is 1.78. The van der Waals surface area contributed by atoms with Gasteiger partial charge in [0.15, 0.2) is 0 Å². The third-order valence-electron chi connectivity index (χ3n) is 4.86. The normalized spacial score (nSPS) is 23.9. The largest absolute Gasteiger partial charge is 0.296 e. The van der Waals surface area contributed by atoms with Crippen LogP contribution in [-0.2, 0) is 10.0 Å². The maximum atomic E-state index is 11.6. The van der Waals surface area contributed by atoms with Gasteiger partial charge in [0.1, 0.15) is 0 Å². The molecule has 0 aromatic rings. The molecule has 0 amide bonds. The summed E-state index contributed by atoms with van der Waals surface area (Å²) < 4.78 is 24.7. The van der Waals surface area contributed by atoms with Crippen molar-refractivity contribution in [3.63, 3.8) is 0 Å². The van der Waals surface area contributed by atoms with Crippen LogP contribution in [0.5, 0.6) is 0 Å². The van der Waals surface area contributed by atoms with Crippen LogP contribution in [0.25, 0.3) is 0 Å². The molecule has 5 heteroatoms. The van der Waals surface area contributed by atoms with Crippen molar-refractivity contribution in [2.45, 2.75) is 52.6 Å². The summed E-state index contributed by atoms with van der Waals surface area (Å²) in [6.07, 6.45) is 2.22. The van der Waals surface area contributed by atoms with Crippen LogP contribution in [0, 0.1) is 5.41 Å². The Morgan fingerprint density at radius 1 is 1.17 bits per heavy atom. The second-order valence-electron chi connectivity index (χ2n) is 6.98. The summed E-state index contributed by atoms with van der Waals surface area (Å²) >= 11 is 0. The lowest BCUT2D eigenvalue weighted by atomic mass is 9.74. The van der Waals surface area contributed by atoms with Gasteiger partial charge in [-0.15, -0.1) is 0 Å². The van der Waals surface area contributed by atoms with Gasteiger partial charge in [0.05, 0.1) is 6.26 Å². The van der Waals surface area contributed by atoms with E-state index in [2.05, 4.69) is 46.6 Å². The average Bonchev–Trinajstić information content (AvgIpc) is 2.62. The molecule has 108 valence electrons. The molecule has 1 saturated heterocycles. The van der Waals surface area contributed by atoms with Crippen molar-refractivity contribution >= 4 is 10.0 Å². The Hall–Kier alpha value is -0.130. The number of hydrogen-bond acceptors (Lipinski definition) is 3. The van der Waals surface area contributed by atoms with Crippen LogP contribution in [0.1, 0.15) is 41.0 Å². The van der Waals surface area contributed by atoms with E-state index < -0.39 is 10.0 Å². The molecule has 0 N–H and O–H groups in total. The molecule has 1 unspecified atom stereocenters. The zero-order valence-electron chi connectivity index (χ0n) is 12.8. The first-order valence-corrected chi connectivity index (χ1v) is 8.40. The van der Waals surface area contributed by atoms with Gasteiger partial charge in [-0.2, -0.15) is 0 Å². The van der Waals surface area contributed by atoms with Gasteiger partial charge in [-0.25, -0.2) is 12.7 Å². The van der Waals surface area contributed by atoms with E-state index in [1.165, 1.54) is 6.26 Å². The number of hydrogen-bond donors (Lipinski definition) is 0. The lowest BCUT2D eigenvalue weighted by Gasteiger charge is -2.48. The number of likely N-dealkylation sites (N-methyl/N-ethyl adjacent to an activating group) is 1. The Bertz CT molecular complexity index is 396. The van der Waals surface area contributed by atoms with Crippen molar-refractivity contribution in [1.82, 2.24) is 9.21 Å². The predicted molar refractivity (Wildman–Crippen MR) is 76.1 cm³/mol. The summed E-state index contributed by atoms with van der Waals surface area (Å²) in [5.41, 5.74) is 0.186. The van der Waals surface area contributed by atoms with Crippen LogP contribution in [0.2, 0.25) is 0 Å². The molecule has 0 aromatic heterocycles. The topological polar surface area (TPSA) is 40.6 Å². The Balaban J connectivity index is 2.80. The number of sulfonamides is 1. The summed E-state index contributed by atoms with van der Waals surface area (Å²) in [5, 5.41) is 0. The summed E-state index contributed by atoms with van der Waals surface area (Å²) in [4.78, 5) is 2.35. The molecule has 0 aromatic carbocycles. The first-order valence-electron chi connectivity index (χ1n) is 6.55. The van der Waals surface area contributed by atoms with Gasteiger partial charge in [0.2, 0.25) is 10.0 Å². The Morgan fingerprint density at radius 3 is 2.00 bits per heavy atom. The smallest absolute Gasteiger partial charge is 0.211 e. The molecule has 1 heterocycles. The van der Waals surface area contributed by atoms with Crippen LogP contribution < -0.4 is 0 Å². The minimum absolute atomic E-state index is 0.0329. The summed E-state index contributed by atoms with van der Waals surface area (Å²) in [6, 6.07) is 0.314. The minimum Gasteiger partial charge on any atom is -0.296 e. The van der Waals surface area contributed by atoms with E-state index in [1.54, 1.807) is 4.31 Å². The molecule has 0 bridgehead atoms. The van der Waals surface area contributed by atoms with E-state index in [0.29, 0.717) is 19.1 Å². The second-order valence-corrected chi connectivity index (χ2v) is 8.97. The van der Waals surface area contributed by atoms with Crippen molar-refractivity contribution in [3.8, 4) is 0 Å². The van der Waals surface area contributed by atoms with Crippen molar-refractivity contribution in [2.75, 3.05) is 26.4 Å². The molecule has 0 aliphatic carbocycles. The Labute approximate surface area is 112 Å². The van der Waals surface area contributed by atoms with Gasteiger partial charge in [-0.1, -0.05) is 20.8 Å². The van der Waals surface area contributed by atoms with Crippen LogP contribution in [0.3, 0.4) is 0 Å². The van der Waals surface area contributed by atoms with Crippen LogP contribution >= 0.6 is 0 Å². The molecule has 1 fully saturated rings. The first-order chi connectivity index (χ1) is 7.87. The molecule has 1 rings (SSSR count). The van der Waals surface area contributed by atoms with Crippen molar-refractivity contribution in [2.24, 2.45) is 5.41 Å². The minimum atomic E-state index is -3.04. The van der Waals surface area contributed by atoms with Crippen LogP contribution in [0.4, 0.5) is 0 Å². The molecule has 0 spiro atoms. The Morgan fingerprint density at radius 2 is 1.67 bits per heavy atom. The lowest BCUT2D eigenvalue weighted by Crippen LogP contribution is -2.55. The maximum absolute atomic E-state index is 11.6. The van der Waals surface area contributed by atoms with Gasteiger partial charge >= 0.3 is 0 Å². The quantitative estimate of drug-likeness (QED) is 0.789. The molecular weight excluding hydrogens is 248 g/mol. The van der Waals surface area contributed by atoms with E-state index in [0.717, 1.165) is 6.42 Å². The fourth-order valence-corrected chi connectivity index (χ4v) is 3.19. The zero-order valence-corrected chi connectivity index (χ0v) is 13.6. The molecular formula is C13H28N2O2S. The van der Waals surface area contributed by atoms with Crippen molar-refractivity contribution < 1.29 is 8.42 Å². The molecule has 1 aliphatic rings. The van der Waals surface area contributed by atoms with E-state index in [1.807, 2.05) is 0 Å². The van der Waals surface area contributed by atoms with Crippen molar-refractivity contribution in [1.29, 1.82) is 0 Å². The fourth-order valence-electron chi connectivity index (χ4n) is 2.31.